The van der Waals surface area contributed by atoms with Crippen LogP contribution in [0.2, 0.25) is 0 Å². The Morgan fingerprint density at radius 1 is 1.90 bits per heavy atom. The molecule has 0 bridgehead atoms. The smallest absolute Gasteiger partial charge is 0.322 e. The average molecular weight is 165 g/mol. The normalized spacial score (nSPS) is 16.3. The van der Waals surface area contributed by atoms with Crippen LogP contribution in [0, 0.1) is 0 Å². The number of carboxylic acid groups (broad SMARTS) is 1. The number of aliphatic carboxylic acids is 1. The van der Waals surface area contributed by atoms with E-state index >= 15 is 0 Å². The monoisotopic (exact) mass is 165 g/mol. The topological polar surface area (TPSA) is 72.5 Å². The van der Waals surface area contributed by atoms with Gasteiger partial charge in [0.2, 0.25) is 0 Å². The Bertz CT molecular complexity index is 117. The van der Waals surface area contributed by atoms with Crippen LogP contribution >= 0.6 is 12.6 Å². The highest BCUT2D eigenvalue weighted by Gasteiger charge is 2.11. The van der Waals surface area contributed by atoms with Gasteiger partial charge in [0.15, 0.2) is 0 Å². The van der Waals surface area contributed by atoms with Gasteiger partial charge in [0.25, 0.3) is 0 Å². The van der Waals surface area contributed by atoms with E-state index < -0.39 is 12.0 Å². The maximum Gasteiger partial charge on any atom is 0.322 e. The summed E-state index contributed by atoms with van der Waals surface area (Å²) in [5, 5.41) is 8.26. The van der Waals surface area contributed by atoms with Crippen LogP contribution in [-0.2, 0) is 9.53 Å². The molecule has 0 fully saturated rings. The van der Waals surface area contributed by atoms with E-state index in [-0.39, 0.29) is 12.0 Å². The van der Waals surface area contributed by atoms with Crippen LogP contribution in [0.3, 0.4) is 0 Å². The number of nitrogens with two attached hydrogens (primary N) is 1. The zero-order valence-corrected chi connectivity index (χ0v) is 6.54. The maximum absolute atomic E-state index is 10.1. The number of carbonyl (C=O) groups is 1. The van der Waals surface area contributed by atoms with Crippen molar-refractivity contribution in [1.82, 2.24) is 0 Å². The molecule has 2 unspecified atom stereocenters. The summed E-state index contributed by atoms with van der Waals surface area (Å²) in [6, 6.07) is -0.949. The molecule has 0 aromatic heterocycles. The van der Waals surface area contributed by atoms with Crippen molar-refractivity contribution in [1.29, 1.82) is 0 Å². The second-order valence-corrected chi connectivity index (χ2v) is 2.60. The molecule has 60 valence electrons. The number of ether oxygens (including phenoxy) is 1. The molecule has 0 radical (unpaired) electrons. The molecule has 10 heavy (non-hydrogen) atoms. The van der Waals surface area contributed by atoms with E-state index in [1.165, 1.54) is 0 Å². The molecule has 0 aliphatic rings. The molecule has 0 spiro atoms. The molecule has 4 nitrogen and oxygen atoms in total. The van der Waals surface area contributed by atoms with E-state index in [2.05, 4.69) is 12.6 Å². The molecular weight excluding hydrogens is 154 g/mol. The van der Waals surface area contributed by atoms with E-state index in [4.69, 9.17) is 15.6 Å². The molecule has 0 amide bonds. The molecular formula is C5H11NO3S. The van der Waals surface area contributed by atoms with Gasteiger partial charge < -0.3 is 15.6 Å². The van der Waals surface area contributed by atoms with Gasteiger partial charge in [0, 0.05) is 0 Å². The first-order valence-electron chi connectivity index (χ1n) is 2.82. The first-order chi connectivity index (χ1) is 4.54. The fourth-order valence-electron chi connectivity index (χ4n) is 0.314. The molecule has 0 saturated carbocycles. The third-order valence-corrected chi connectivity index (χ3v) is 0.983. The lowest BCUT2D eigenvalue weighted by molar-refractivity contribution is -0.140. The summed E-state index contributed by atoms with van der Waals surface area (Å²) in [6.07, 6.45) is 0. The molecule has 2 atom stereocenters. The van der Waals surface area contributed by atoms with Crippen LogP contribution in [0.15, 0.2) is 0 Å². The molecule has 3 N–H and O–H groups in total. The Morgan fingerprint density at radius 2 is 2.40 bits per heavy atom. The Balaban J connectivity index is 3.40. The standard InChI is InChI=1S/C5H11NO3S/c1-3(10)9-2-4(6)5(7)8/h3-4,10H,2,6H2,1H3,(H,7,8). The van der Waals surface area contributed by atoms with Crippen molar-refractivity contribution in [2.45, 2.75) is 18.4 Å². The summed E-state index contributed by atoms with van der Waals surface area (Å²) < 4.78 is 4.82. The van der Waals surface area contributed by atoms with Crippen LogP contribution < -0.4 is 5.73 Å². The van der Waals surface area contributed by atoms with Gasteiger partial charge in [-0.2, -0.15) is 0 Å². The van der Waals surface area contributed by atoms with Crippen molar-refractivity contribution in [3.63, 3.8) is 0 Å². The van der Waals surface area contributed by atoms with Crippen molar-refractivity contribution in [2.75, 3.05) is 6.61 Å². The van der Waals surface area contributed by atoms with Gasteiger partial charge in [-0.3, -0.25) is 4.79 Å². The summed E-state index contributed by atoms with van der Waals surface area (Å²) >= 11 is 3.87. The van der Waals surface area contributed by atoms with Crippen LogP contribution in [0.5, 0.6) is 0 Å². The molecule has 0 aliphatic heterocycles. The van der Waals surface area contributed by atoms with Gasteiger partial charge in [-0.1, -0.05) is 0 Å². The predicted molar refractivity (Wildman–Crippen MR) is 40.0 cm³/mol. The van der Waals surface area contributed by atoms with Crippen molar-refractivity contribution < 1.29 is 14.6 Å². The Kier molecular flexibility index (Phi) is 4.42. The molecule has 0 heterocycles. The van der Waals surface area contributed by atoms with E-state index in [0.29, 0.717) is 0 Å². The number of hydrogen-bond acceptors (Lipinski definition) is 4. The molecule has 5 heteroatoms. The van der Waals surface area contributed by atoms with Crippen molar-refractivity contribution in [3.05, 3.63) is 0 Å². The second kappa shape index (κ2) is 4.54. The van der Waals surface area contributed by atoms with Crippen LogP contribution in [0.1, 0.15) is 6.92 Å². The quantitative estimate of drug-likeness (QED) is 0.394. The minimum atomic E-state index is -1.06. The fourth-order valence-corrected chi connectivity index (χ4v) is 0.400. The van der Waals surface area contributed by atoms with Gasteiger partial charge in [-0.25, -0.2) is 0 Å². The number of carboxylic acids is 1. The van der Waals surface area contributed by atoms with Crippen LogP contribution in [0.25, 0.3) is 0 Å². The summed E-state index contributed by atoms with van der Waals surface area (Å²) in [5.41, 5.74) is 4.83. The summed E-state index contributed by atoms with van der Waals surface area (Å²) in [5.74, 6) is -1.06. The molecule has 0 rings (SSSR count). The van der Waals surface area contributed by atoms with Gasteiger partial charge in [-0.05, 0) is 6.92 Å². The highest BCUT2D eigenvalue weighted by molar-refractivity contribution is 7.80. The largest absolute Gasteiger partial charge is 0.480 e. The van der Waals surface area contributed by atoms with E-state index in [0.717, 1.165) is 0 Å². The first kappa shape index (κ1) is 9.74. The minimum absolute atomic E-state index is 0. The highest BCUT2D eigenvalue weighted by atomic mass is 32.1. The zero-order chi connectivity index (χ0) is 8.15. The number of hydrogen-bond donors (Lipinski definition) is 3. The average Bonchev–Trinajstić information content (AvgIpc) is 1.82. The Labute approximate surface area is 64.8 Å². The van der Waals surface area contributed by atoms with E-state index in [1.807, 2.05) is 0 Å². The second-order valence-electron chi connectivity index (χ2n) is 1.88. The maximum atomic E-state index is 10.1. The number of thiol groups is 1. The molecule has 0 saturated heterocycles. The number of rotatable bonds is 4. The molecule has 0 aromatic rings. The Morgan fingerprint density at radius 3 is 2.70 bits per heavy atom. The third kappa shape index (κ3) is 4.60. The lowest BCUT2D eigenvalue weighted by atomic mass is 10.3. The lowest BCUT2D eigenvalue weighted by Gasteiger charge is -2.08. The lowest BCUT2D eigenvalue weighted by Crippen LogP contribution is -2.35. The molecule has 0 aromatic carbocycles. The van der Waals surface area contributed by atoms with E-state index in [1.54, 1.807) is 6.92 Å². The van der Waals surface area contributed by atoms with Crippen molar-refractivity contribution in [2.24, 2.45) is 5.73 Å². The van der Waals surface area contributed by atoms with Crippen molar-refractivity contribution in [3.8, 4) is 0 Å². The van der Waals surface area contributed by atoms with Gasteiger partial charge in [-0.15, -0.1) is 12.6 Å². The van der Waals surface area contributed by atoms with E-state index in [9.17, 15) is 4.79 Å². The van der Waals surface area contributed by atoms with Gasteiger partial charge >= 0.3 is 5.97 Å². The zero-order valence-electron chi connectivity index (χ0n) is 5.65. The summed E-state index contributed by atoms with van der Waals surface area (Å²) in [7, 11) is 0. The summed E-state index contributed by atoms with van der Waals surface area (Å²) in [6.45, 7) is 1.69. The first-order valence-corrected chi connectivity index (χ1v) is 3.33. The van der Waals surface area contributed by atoms with Crippen LogP contribution in [0.4, 0.5) is 0 Å². The highest BCUT2D eigenvalue weighted by Crippen LogP contribution is 1.95. The van der Waals surface area contributed by atoms with Crippen LogP contribution in [-0.4, -0.2) is 29.2 Å². The van der Waals surface area contributed by atoms with Crippen molar-refractivity contribution >= 4 is 18.6 Å². The van der Waals surface area contributed by atoms with Gasteiger partial charge in [0.1, 0.15) is 6.04 Å². The minimum Gasteiger partial charge on any atom is -0.480 e. The van der Waals surface area contributed by atoms with Gasteiger partial charge in [0.05, 0.1) is 12.0 Å². The fraction of sp³-hybridized carbons (Fsp3) is 0.800. The third-order valence-electron chi connectivity index (χ3n) is 0.834. The predicted octanol–water partition coefficient (Wildman–Crippen LogP) is -0.309. The SMILES string of the molecule is CC(S)OCC(N)C(=O)O. The Hall–Kier alpha value is -0.260. The summed E-state index contributed by atoms with van der Waals surface area (Å²) in [4.78, 5) is 10.1. The molecule has 0 aliphatic carbocycles.